The van der Waals surface area contributed by atoms with Crippen LogP contribution in [0.3, 0.4) is 0 Å². The topological polar surface area (TPSA) is 59.2 Å². The largest absolute Gasteiger partial charge is 0.334 e. The Labute approximate surface area is 112 Å². The molecule has 0 spiro atoms. The number of pyridine rings is 1. The van der Waals surface area contributed by atoms with E-state index in [0.29, 0.717) is 17.3 Å². The molecule has 98 valence electrons. The zero-order valence-electron chi connectivity index (χ0n) is 10.3. The highest BCUT2D eigenvalue weighted by Gasteiger charge is 2.27. The Hall–Kier alpha value is -1.13. The molecule has 0 aliphatic carbocycles. The number of halogens is 1. The number of piperidine rings is 1. The first-order valence-corrected chi connectivity index (χ1v) is 6.73. The van der Waals surface area contributed by atoms with Gasteiger partial charge in [0.1, 0.15) is 5.69 Å². The molecular formula is C13H18ClN3O. The molecule has 18 heavy (non-hydrogen) atoms. The molecule has 1 aromatic heterocycles. The van der Waals surface area contributed by atoms with Crippen molar-refractivity contribution in [1.82, 2.24) is 9.88 Å². The van der Waals surface area contributed by atoms with Gasteiger partial charge in [0.05, 0.1) is 5.02 Å². The number of hydrogen-bond acceptors (Lipinski definition) is 3. The summed E-state index contributed by atoms with van der Waals surface area (Å²) in [6, 6.07) is 3.64. The van der Waals surface area contributed by atoms with Gasteiger partial charge in [0.2, 0.25) is 0 Å². The highest BCUT2D eigenvalue weighted by molar-refractivity contribution is 6.30. The maximum Gasteiger partial charge on any atom is 0.272 e. The summed E-state index contributed by atoms with van der Waals surface area (Å²) in [5, 5.41) is 0.545. The Kier molecular flexibility index (Phi) is 4.55. The summed E-state index contributed by atoms with van der Waals surface area (Å²) in [4.78, 5) is 18.4. The molecule has 4 nitrogen and oxygen atoms in total. The number of carbonyl (C=O) groups is 1. The third-order valence-electron chi connectivity index (χ3n) is 3.33. The molecule has 0 unspecified atom stereocenters. The van der Waals surface area contributed by atoms with Crippen LogP contribution in [0.2, 0.25) is 5.02 Å². The standard InChI is InChI=1S/C13H18ClN3O/c14-10-4-5-12(16-9-10)13(18)17-8-2-1-3-11(17)6-7-15/h4-5,9,11H,1-3,6-8,15H2/t11-/m1/s1. The fourth-order valence-corrected chi connectivity index (χ4v) is 2.52. The van der Waals surface area contributed by atoms with Crippen LogP contribution in [0.15, 0.2) is 18.3 Å². The van der Waals surface area contributed by atoms with Crippen molar-refractivity contribution in [3.05, 3.63) is 29.0 Å². The maximum absolute atomic E-state index is 12.4. The van der Waals surface area contributed by atoms with Gasteiger partial charge in [-0.2, -0.15) is 0 Å². The molecule has 5 heteroatoms. The normalized spacial score (nSPS) is 19.9. The Morgan fingerprint density at radius 1 is 1.50 bits per heavy atom. The number of hydrogen-bond donors (Lipinski definition) is 1. The van der Waals surface area contributed by atoms with Gasteiger partial charge in [0, 0.05) is 18.8 Å². The van der Waals surface area contributed by atoms with E-state index in [9.17, 15) is 4.79 Å². The molecule has 2 heterocycles. The first kappa shape index (κ1) is 13.3. The lowest BCUT2D eigenvalue weighted by atomic mass is 9.99. The van der Waals surface area contributed by atoms with E-state index in [1.807, 2.05) is 4.90 Å². The second-order valence-corrected chi connectivity index (χ2v) is 5.02. The Morgan fingerprint density at radius 2 is 2.33 bits per heavy atom. The summed E-state index contributed by atoms with van der Waals surface area (Å²) in [6.07, 6.45) is 5.63. The molecule has 1 fully saturated rings. The number of carbonyl (C=O) groups excluding carboxylic acids is 1. The summed E-state index contributed by atoms with van der Waals surface area (Å²) in [5.41, 5.74) is 6.07. The molecule has 1 aliphatic heterocycles. The SMILES string of the molecule is NCC[C@H]1CCCCN1C(=O)c1ccc(Cl)cn1. The molecule has 0 aromatic carbocycles. The molecule has 0 saturated carbocycles. The maximum atomic E-state index is 12.4. The monoisotopic (exact) mass is 267 g/mol. The molecule has 0 bridgehead atoms. The van der Waals surface area contributed by atoms with Gasteiger partial charge < -0.3 is 10.6 Å². The summed E-state index contributed by atoms with van der Waals surface area (Å²) < 4.78 is 0. The Bertz CT molecular complexity index is 405. The van der Waals surface area contributed by atoms with E-state index >= 15 is 0 Å². The molecule has 2 N–H and O–H groups in total. The Morgan fingerprint density at radius 3 is 3.00 bits per heavy atom. The van der Waals surface area contributed by atoms with Crippen molar-refractivity contribution in [2.45, 2.75) is 31.7 Å². The average molecular weight is 268 g/mol. The van der Waals surface area contributed by atoms with Crippen LogP contribution in [-0.2, 0) is 0 Å². The van der Waals surface area contributed by atoms with E-state index in [4.69, 9.17) is 17.3 Å². The van der Waals surface area contributed by atoms with Gasteiger partial charge in [0.25, 0.3) is 5.91 Å². The van der Waals surface area contributed by atoms with Crippen molar-refractivity contribution in [3.63, 3.8) is 0 Å². The predicted molar refractivity (Wildman–Crippen MR) is 71.6 cm³/mol. The molecule has 0 radical (unpaired) electrons. The van der Waals surface area contributed by atoms with Crippen LogP contribution in [0.1, 0.15) is 36.2 Å². The molecular weight excluding hydrogens is 250 g/mol. The molecule has 1 atom stereocenters. The lowest BCUT2D eigenvalue weighted by Gasteiger charge is -2.35. The van der Waals surface area contributed by atoms with Gasteiger partial charge in [-0.15, -0.1) is 0 Å². The number of nitrogens with two attached hydrogens (primary N) is 1. The van der Waals surface area contributed by atoms with Crippen molar-refractivity contribution in [2.75, 3.05) is 13.1 Å². The van der Waals surface area contributed by atoms with Crippen LogP contribution < -0.4 is 5.73 Å². The summed E-state index contributed by atoms with van der Waals surface area (Å²) in [7, 11) is 0. The smallest absolute Gasteiger partial charge is 0.272 e. The number of likely N-dealkylation sites (tertiary alicyclic amines) is 1. The van der Waals surface area contributed by atoms with E-state index in [1.54, 1.807) is 12.1 Å². The fraction of sp³-hybridized carbons (Fsp3) is 0.538. The summed E-state index contributed by atoms with van der Waals surface area (Å²) in [5.74, 6) is -0.00943. The summed E-state index contributed by atoms with van der Waals surface area (Å²) in [6.45, 7) is 1.41. The first-order chi connectivity index (χ1) is 8.72. The van der Waals surface area contributed by atoms with Gasteiger partial charge >= 0.3 is 0 Å². The number of amides is 1. The third kappa shape index (κ3) is 3.00. The molecule has 1 amide bonds. The lowest BCUT2D eigenvalue weighted by Crippen LogP contribution is -2.44. The molecule has 2 rings (SSSR count). The van der Waals surface area contributed by atoms with Crippen molar-refractivity contribution >= 4 is 17.5 Å². The number of nitrogens with zero attached hydrogens (tertiary/aromatic N) is 2. The van der Waals surface area contributed by atoms with Crippen molar-refractivity contribution in [2.24, 2.45) is 5.73 Å². The Balaban J connectivity index is 2.12. The van der Waals surface area contributed by atoms with Gasteiger partial charge in [-0.1, -0.05) is 11.6 Å². The van der Waals surface area contributed by atoms with E-state index in [0.717, 1.165) is 25.8 Å². The van der Waals surface area contributed by atoms with Gasteiger partial charge in [-0.3, -0.25) is 4.79 Å². The summed E-state index contributed by atoms with van der Waals surface area (Å²) >= 11 is 5.78. The van der Waals surface area contributed by atoms with Crippen molar-refractivity contribution in [3.8, 4) is 0 Å². The van der Waals surface area contributed by atoms with Gasteiger partial charge in [-0.05, 0) is 44.4 Å². The van der Waals surface area contributed by atoms with Crippen LogP contribution in [0.4, 0.5) is 0 Å². The zero-order valence-corrected chi connectivity index (χ0v) is 11.1. The predicted octanol–water partition coefficient (Wildman–Crippen LogP) is 2.08. The molecule has 1 saturated heterocycles. The van der Waals surface area contributed by atoms with Gasteiger partial charge in [0.15, 0.2) is 0 Å². The minimum atomic E-state index is -0.00943. The zero-order chi connectivity index (χ0) is 13.0. The second-order valence-electron chi connectivity index (χ2n) is 4.59. The minimum Gasteiger partial charge on any atom is -0.334 e. The lowest BCUT2D eigenvalue weighted by molar-refractivity contribution is 0.0599. The van der Waals surface area contributed by atoms with Crippen LogP contribution in [0.5, 0.6) is 0 Å². The number of aromatic nitrogens is 1. The number of rotatable bonds is 3. The molecule has 1 aromatic rings. The van der Waals surface area contributed by atoms with Crippen LogP contribution >= 0.6 is 11.6 Å². The molecule has 1 aliphatic rings. The fourth-order valence-electron chi connectivity index (χ4n) is 2.41. The highest BCUT2D eigenvalue weighted by Crippen LogP contribution is 2.21. The first-order valence-electron chi connectivity index (χ1n) is 6.35. The van der Waals surface area contributed by atoms with Gasteiger partial charge in [-0.25, -0.2) is 4.98 Å². The quantitative estimate of drug-likeness (QED) is 0.912. The van der Waals surface area contributed by atoms with E-state index in [-0.39, 0.29) is 11.9 Å². The van der Waals surface area contributed by atoms with Crippen LogP contribution in [-0.4, -0.2) is 34.9 Å². The van der Waals surface area contributed by atoms with Crippen molar-refractivity contribution in [1.29, 1.82) is 0 Å². The second kappa shape index (κ2) is 6.16. The van der Waals surface area contributed by atoms with E-state index in [1.165, 1.54) is 12.6 Å². The van der Waals surface area contributed by atoms with Crippen molar-refractivity contribution < 1.29 is 4.79 Å². The third-order valence-corrected chi connectivity index (χ3v) is 3.56. The van der Waals surface area contributed by atoms with Crippen LogP contribution in [0, 0.1) is 0 Å². The average Bonchev–Trinajstić information content (AvgIpc) is 2.40. The van der Waals surface area contributed by atoms with Crippen LogP contribution in [0.25, 0.3) is 0 Å². The van der Waals surface area contributed by atoms with E-state index < -0.39 is 0 Å². The van der Waals surface area contributed by atoms with E-state index in [2.05, 4.69) is 4.98 Å². The minimum absolute atomic E-state index is 0.00943. The highest BCUT2D eigenvalue weighted by atomic mass is 35.5.